The van der Waals surface area contributed by atoms with Crippen LogP contribution in [0.4, 0.5) is 10.1 Å². The van der Waals surface area contributed by atoms with E-state index in [4.69, 9.17) is 16.3 Å². The molecule has 1 amide bonds. The smallest absolute Gasteiger partial charge is 0.306 e. The average molecular weight is 708 g/mol. The van der Waals surface area contributed by atoms with Crippen LogP contribution in [0.25, 0.3) is 10.9 Å². The molecule has 4 aliphatic rings. The van der Waals surface area contributed by atoms with Gasteiger partial charge >= 0.3 is 5.97 Å². The number of aliphatic carboxylic acids is 1. The largest absolute Gasteiger partial charge is 0.481 e. The van der Waals surface area contributed by atoms with Gasteiger partial charge in [0.05, 0.1) is 28.3 Å². The van der Waals surface area contributed by atoms with Crippen molar-refractivity contribution in [3.05, 3.63) is 64.6 Å². The molecule has 0 spiro atoms. The van der Waals surface area contributed by atoms with Crippen molar-refractivity contribution in [3.63, 3.8) is 0 Å². The summed E-state index contributed by atoms with van der Waals surface area (Å²) < 4.78 is 24.8. The standard InChI is InChI=1S/C38H47ClFN5O5/c1-37(13-14-37)43-17-19-45(20-18-43)38(44-15-5-6-16-44,50-27-11-9-25(10-12-27)36(48)49)34(46)22-26-21-30(39)32(23-31(26)40)41-35(47)29-24-42(2)33-8-4-3-7-28(29)33/h3-4,7-8,21,23-25,27H,5-6,9-20,22H2,1-2H3,(H,41,47)(H,48,49)/t25-,27-,38?. The Morgan fingerprint density at radius 3 is 2.32 bits per heavy atom. The number of carbonyl (C=O) groups excluding carboxylic acids is 2. The van der Waals surface area contributed by atoms with Crippen molar-refractivity contribution >= 4 is 45.9 Å². The zero-order valence-electron chi connectivity index (χ0n) is 28.9. The third kappa shape index (κ3) is 6.70. The summed E-state index contributed by atoms with van der Waals surface area (Å²) in [6, 6.07) is 10.2. The molecule has 50 heavy (non-hydrogen) atoms. The van der Waals surface area contributed by atoms with Crippen LogP contribution in [-0.2, 0) is 27.8 Å². The SMILES string of the molecule is Cn1cc(C(=O)Nc2cc(F)c(CC(=O)C(O[C@H]3CC[C@H](C(=O)O)CC3)(N3CCCC3)N3CCN(C4(C)CC4)CC3)cc2Cl)c2ccccc21. The summed E-state index contributed by atoms with van der Waals surface area (Å²) in [6.07, 6.45) is 7.45. The molecule has 3 aromatic rings. The zero-order valence-corrected chi connectivity index (χ0v) is 29.7. The minimum absolute atomic E-state index is 0.125. The molecule has 12 heteroatoms. The molecule has 0 bridgehead atoms. The lowest BCUT2D eigenvalue weighted by atomic mass is 9.87. The molecule has 2 aliphatic carbocycles. The number of aryl methyl sites for hydroxylation is 1. The van der Waals surface area contributed by atoms with Crippen molar-refractivity contribution in [2.45, 2.75) is 82.2 Å². The number of hydrogen-bond donors (Lipinski definition) is 2. The monoisotopic (exact) mass is 707 g/mol. The molecule has 2 aliphatic heterocycles. The molecule has 7 rings (SSSR count). The number of fused-ring (bicyclic) bond motifs is 1. The number of ether oxygens (including phenoxy) is 1. The number of likely N-dealkylation sites (tertiary alicyclic amines) is 1. The Kier molecular flexibility index (Phi) is 9.81. The van der Waals surface area contributed by atoms with Crippen molar-refractivity contribution in [1.82, 2.24) is 19.3 Å². The number of rotatable bonds is 11. The van der Waals surface area contributed by atoms with Crippen molar-refractivity contribution in [2.75, 3.05) is 44.6 Å². The second-order valence-electron chi connectivity index (χ2n) is 14.9. The molecule has 1 atom stereocenters. The number of nitrogens with one attached hydrogen (secondary N) is 1. The zero-order chi connectivity index (χ0) is 35.2. The van der Waals surface area contributed by atoms with Gasteiger partial charge < -0.3 is 19.7 Å². The maximum absolute atomic E-state index is 16.0. The number of aromatic nitrogens is 1. The number of piperazine rings is 1. The lowest BCUT2D eigenvalue weighted by Crippen LogP contribution is -2.71. The highest BCUT2D eigenvalue weighted by Gasteiger charge is 2.54. The highest BCUT2D eigenvalue weighted by Crippen LogP contribution is 2.43. The van der Waals surface area contributed by atoms with Gasteiger partial charge in [-0.15, -0.1) is 0 Å². The van der Waals surface area contributed by atoms with Crippen molar-refractivity contribution in [1.29, 1.82) is 0 Å². The van der Waals surface area contributed by atoms with Gasteiger partial charge in [-0.25, -0.2) is 4.39 Å². The summed E-state index contributed by atoms with van der Waals surface area (Å²) in [4.78, 5) is 46.7. The molecule has 2 aromatic carbocycles. The van der Waals surface area contributed by atoms with Crippen LogP contribution in [-0.4, -0.2) is 98.8 Å². The van der Waals surface area contributed by atoms with E-state index < -0.39 is 29.5 Å². The van der Waals surface area contributed by atoms with Gasteiger partial charge in [0, 0.05) is 75.4 Å². The van der Waals surface area contributed by atoms with Gasteiger partial charge in [0.2, 0.25) is 5.85 Å². The van der Waals surface area contributed by atoms with Gasteiger partial charge in [0.25, 0.3) is 5.91 Å². The number of para-hydroxylation sites is 1. The van der Waals surface area contributed by atoms with Gasteiger partial charge in [-0.2, -0.15) is 0 Å². The number of halogens is 2. The fraction of sp³-hybridized carbons (Fsp3) is 0.553. The van der Waals surface area contributed by atoms with Gasteiger partial charge in [0.15, 0.2) is 5.78 Å². The van der Waals surface area contributed by atoms with Crippen LogP contribution in [0.2, 0.25) is 5.02 Å². The molecule has 0 radical (unpaired) electrons. The van der Waals surface area contributed by atoms with Crippen LogP contribution < -0.4 is 5.32 Å². The first-order valence-electron chi connectivity index (χ1n) is 18.0. The summed E-state index contributed by atoms with van der Waals surface area (Å²) in [5.41, 5.74) is 1.81. The highest BCUT2D eigenvalue weighted by atomic mass is 35.5. The summed E-state index contributed by atoms with van der Waals surface area (Å²) in [5.74, 6) is -3.92. The Morgan fingerprint density at radius 2 is 1.66 bits per heavy atom. The van der Waals surface area contributed by atoms with E-state index in [1.54, 1.807) is 6.20 Å². The fourth-order valence-electron chi connectivity index (χ4n) is 8.31. The van der Waals surface area contributed by atoms with Crippen molar-refractivity contribution < 1.29 is 28.6 Å². The number of benzene rings is 2. The number of anilines is 1. The molecule has 1 unspecified atom stereocenters. The predicted octanol–water partition coefficient (Wildman–Crippen LogP) is 5.91. The molecule has 10 nitrogen and oxygen atoms in total. The number of Topliss-reactive ketones (excluding diaryl/α,β-unsaturated/α-hetero) is 1. The Bertz CT molecular complexity index is 1770. The van der Waals surface area contributed by atoms with Crippen LogP contribution in [0.5, 0.6) is 0 Å². The van der Waals surface area contributed by atoms with E-state index in [2.05, 4.69) is 26.9 Å². The lowest BCUT2D eigenvalue weighted by molar-refractivity contribution is -0.261. The van der Waals surface area contributed by atoms with Gasteiger partial charge in [-0.1, -0.05) is 29.8 Å². The third-order valence-corrected chi connectivity index (χ3v) is 11.9. The van der Waals surface area contributed by atoms with E-state index in [9.17, 15) is 19.5 Å². The molecular formula is C38H47ClFN5O5. The molecule has 1 aromatic heterocycles. The number of amides is 1. The first kappa shape index (κ1) is 35.1. The minimum Gasteiger partial charge on any atom is -0.481 e. The van der Waals surface area contributed by atoms with Crippen molar-refractivity contribution in [2.24, 2.45) is 13.0 Å². The Hall–Kier alpha value is -3.35. The van der Waals surface area contributed by atoms with E-state index in [-0.39, 0.29) is 40.1 Å². The molecule has 2 saturated carbocycles. The van der Waals surface area contributed by atoms with Gasteiger partial charge in [0.1, 0.15) is 5.82 Å². The van der Waals surface area contributed by atoms with Crippen LogP contribution >= 0.6 is 11.6 Å². The second-order valence-corrected chi connectivity index (χ2v) is 15.3. The van der Waals surface area contributed by atoms with Crippen molar-refractivity contribution in [3.8, 4) is 0 Å². The summed E-state index contributed by atoms with van der Waals surface area (Å²) in [5, 5.41) is 13.3. The van der Waals surface area contributed by atoms with E-state index in [1.165, 1.54) is 25.0 Å². The first-order chi connectivity index (χ1) is 24.0. The topological polar surface area (TPSA) is 107 Å². The molecular weight excluding hydrogens is 661 g/mol. The number of nitrogens with zero attached hydrogens (tertiary/aromatic N) is 4. The maximum atomic E-state index is 16.0. The normalized spacial score (nSPS) is 24.2. The predicted molar refractivity (Wildman–Crippen MR) is 190 cm³/mol. The molecule has 4 fully saturated rings. The van der Waals surface area contributed by atoms with Gasteiger partial charge in [-0.05, 0) is 82.1 Å². The number of ketones is 1. The number of hydrogen-bond acceptors (Lipinski definition) is 7. The van der Waals surface area contributed by atoms with Crippen LogP contribution in [0.15, 0.2) is 42.6 Å². The second kappa shape index (κ2) is 14.0. The van der Waals surface area contributed by atoms with E-state index in [1.807, 2.05) is 35.9 Å². The molecule has 268 valence electrons. The van der Waals surface area contributed by atoms with Crippen LogP contribution in [0, 0.1) is 11.7 Å². The lowest BCUT2D eigenvalue weighted by Gasteiger charge is -2.52. The fourth-order valence-corrected chi connectivity index (χ4v) is 8.55. The highest BCUT2D eigenvalue weighted by molar-refractivity contribution is 6.34. The third-order valence-electron chi connectivity index (χ3n) is 11.6. The Morgan fingerprint density at radius 1 is 1.00 bits per heavy atom. The van der Waals surface area contributed by atoms with E-state index in [0.29, 0.717) is 57.4 Å². The molecule has 2 saturated heterocycles. The van der Waals surface area contributed by atoms with Gasteiger partial charge in [-0.3, -0.25) is 29.1 Å². The molecule has 3 heterocycles. The Balaban J connectivity index is 1.16. The maximum Gasteiger partial charge on any atom is 0.306 e. The van der Waals surface area contributed by atoms with E-state index >= 15 is 4.39 Å². The van der Waals surface area contributed by atoms with Crippen LogP contribution in [0.3, 0.4) is 0 Å². The summed E-state index contributed by atoms with van der Waals surface area (Å²) >= 11 is 6.69. The summed E-state index contributed by atoms with van der Waals surface area (Å²) in [6.45, 7) is 6.52. The number of carboxylic acid groups (broad SMARTS) is 1. The quantitative estimate of drug-likeness (QED) is 0.253. The number of carbonyl (C=O) groups is 3. The van der Waals surface area contributed by atoms with Crippen LogP contribution in [0.1, 0.15) is 74.2 Å². The minimum atomic E-state index is -1.41. The Labute approximate surface area is 297 Å². The first-order valence-corrected chi connectivity index (χ1v) is 18.4. The average Bonchev–Trinajstić information content (AvgIpc) is 3.47. The molecule has 2 N–H and O–H groups in total. The number of carboxylic acids is 1. The summed E-state index contributed by atoms with van der Waals surface area (Å²) in [7, 11) is 1.86. The van der Waals surface area contributed by atoms with E-state index in [0.717, 1.165) is 36.8 Å².